The maximum absolute atomic E-state index is 12.6. The van der Waals surface area contributed by atoms with E-state index in [0.29, 0.717) is 23.3 Å². The molecule has 0 amide bonds. The van der Waals surface area contributed by atoms with Crippen LogP contribution in [-0.2, 0) is 6.42 Å². The molecule has 3 aromatic rings. The van der Waals surface area contributed by atoms with Gasteiger partial charge in [-0.15, -0.1) is 0 Å². The summed E-state index contributed by atoms with van der Waals surface area (Å²) in [4.78, 5) is 15.7. The lowest BCUT2D eigenvalue weighted by Gasteiger charge is -2.08. The van der Waals surface area contributed by atoms with E-state index in [1.54, 1.807) is 12.1 Å². The summed E-state index contributed by atoms with van der Waals surface area (Å²) in [7, 11) is 0. The van der Waals surface area contributed by atoms with Gasteiger partial charge in [-0.2, -0.15) is 13.2 Å². The average Bonchev–Trinajstić information content (AvgIpc) is 2.91. The van der Waals surface area contributed by atoms with Gasteiger partial charge in [0.1, 0.15) is 5.82 Å². The highest BCUT2D eigenvalue weighted by molar-refractivity contribution is 6.02. The topological polar surface area (TPSA) is 34.9 Å². The van der Waals surface area contributed by atoms with Crippen molar-refractivity contribution in [1.82, 2.24) is 9.55 Å². The molecule has 3 rings (SSSR count). The van der Waals surface area contributed by atoms with Gasteiger partial charge in [-0.1, -0.05) is 19.1 Å². The van der Waals surface area contributed by atoms with Crippen molar-refractivity contribution in [2.75, 3.05) is 0 Å². The number of rotatable bonds is 3. The van der Waals surface area contributed by atoms with Crippen LogP contribution in [0.4, 0.5) is 13.2 Å². The standard InChI is InChI=1S/C17H12F3N2O/c1-2-15-21-13-10-11(16(23)17(18,19)20)8-9-14(13)22(15)12-6-4-3-5-7-12/h3-4,6-10H,2H2,1H3. The number of benzene rings is 2. The van der Waals surface area contributed by atoms with Gasteiger partial charge in [0.05, 0.1) is 11.0 Å². The highest BCUT2D eigenvalue weighted by Crippen LogP contribution is 2.26. The summed E-state index contributed by atoms with van der Waals surface area (Å²) >= 11 is 0. The molecule has 0 spiro atoms. The van der Waals surface area contributed by atoms with E-state index >= 15 is 0 Å². The first-order valence-electron chi connectivity index (χ1n) is 7.01. The third kappa shape index (κ3) is 2.72. The molecular weight excluding hydrogens is 305 g/mol. The zero-order valence-electron chi connectivity index (χ0n) is 12.2. The molecule has 1 radical (unpaired) electrons. The van der Waals surface area contributed by atoms with Gasteiger partial charge in [0.25, 0.3) is 5.78 Å². The molecule has 0 atom stereocenters. The lowest BCUT2D eigenvalue weighted by molar-refractivity contribution is -0.0885. The first kappa shape index (κ1) is 15.3. The summed E-state index contributed by atoms with van der Waals surface area (Å²) in [6, 6.07) is 14.0. The minimum Gasteiger partial charge on any atom is -0.296 e. The maximum Gasteiger partial charge on any atom is 0.454 e. The van der Waals surface area contributed by atoms with Crippen molar-refractivity contribution >= 4 is 16.8 Å². The van der Waals surface area contributed by atoms with Crippen LogP contribution in [0.1, 0.15) is 23.1 Å². The summed E-state index contributed by atoms with van der Waals surface area (Å²) in [5.41, 5.74) is 1.43. The number of carbonyl (C=O) groups excluding carboxylic acids is 1. The third-order valence-corrected chi connectivity index (χ3v) is 3.51. The number of nitrogens with zero attached hydrogens (tertiary/aromatic N) is 2. The van der Waals surface area contributed by atoms with Crippen LogP contribution in [-0.4, -0.2) is 21.5 Å². The Bertz CT molecular complexity index is 867. The molecule has 0 aliphatic rings. The first-order valence-corrected chi connectivity index (χ1v) is 7.01. The quantitative estimate of drug-likeness (QED) is 0.681. The molecule has 0 saturated heterocycles. The Kier molecular flexibility index (Phi) is 3.67. The van der Waals surface area contributed by atoms with Gasteiger partial charge in [-0.25, -0.2) is 4.98 Å². The number of fused-ring (bicyclic) bond motifs is 1. The van der Waals surface area contributed by atoms with E-state index in [9.17, 15) is 18.0 Å². The minimum atomic E-state index is -4.89. The van der Waals surface area contributed by atoms with Crippen LogP contribution in [0.25, 0.3) is 16.7 Å². The van der Waals surface area contributed by atoms with Crippen LogP contribution < -0.4 is 0 Å². The lowest BCUT2D eigenvalue weighted by atomic mass is 10.1. The van der Waals surface area contributed by atoms with E-state index in [4.69, 9.17) is 0 Å². The van der Waals surface area contributed by atoms with E-state index in [-0.39, 0.29) is 0 Å². The van der Waals surface area contributed by atoms with Crippen LogP contribution in [0.2, 0.25) is 0 Å². The number of aromatic nitrogens is 2. The minimum absolute atomic E-state index is 0.362. The Hall–Kier alpha value is -2.63. The number of hydrogen-bond donors (Lipinski definition) is 0. The van der Waals surface area contributed by atoms with E-state index in [1.807, 2.05) is 23.6 Å². The van der Waals surface area contributed by atoms with Crippen LogP contribution in [0.15, 0.2) is 42.5 Å². The summed E-state index contributed by atoms with van der Waals surface area (Å²) in [6.45, 7) is 1.91. The molecule has 1 heterocycles. The Labute approximate surface area is 130 Å². The van der Waals surface area contributed by atoms with Crippen molar-refractivity contribution in [3.8, 4) is 5.69 Å². The molecule has 6 heteroatoms. The molecule has 3 nitrogen and oxygen atoms in total. The van der Waals surface area contributed by atoms with Crippen molar-refractivity contribution < 1.29 is 18.0 Å². The number of aryl methyl sites for hydroxylation is 1. The van der Waals surface area contributed by atoms with Gasteiger partial charge in [-0.05, 0) is 36.4 Å². The molecule has 0 saturated carbocycles. The molecule has 0 N–H and O–H groups in total. The summed E-state index contributed by atoms with van der Waals surface area (Å²) in [6.07, 6.45) is -4.29. The van der Waals surface area contributed by atoms with Gasteiger partial charge in [0, 0.05) is 17.7 Å². The molecule has 0 bridgehead atoms. The van der Waals surface area contributed by atoms with Crippen molar-refractivity contribution in [2.45, 2.75) is 19.5 Å². The van der Waals surface area contributed by atoms with E-state index in [0.717, 1.165) is 5.69 Å². The van der Waals surface area contributed by atoms with Crippen molar-refractivity contribution in [3.05, 3.63) is 59.9 Å². The Balaban J connectivity index is 2.18. The fourth-order valence-electron chi connectivity index (χ4n) is 2.48. The van der Waals surface area contributed by atoms with E-state index < -0.39 is 17.5 Å². The van der Waals surface area contributed by atoms with Crippen molar-refractivity contribution in [1.29, 1.82) is 0 Å². The van der Waals surface area contributed by atoms with Gasteiger partial charge in [0.15, 0.2) is 0 Å². The number of alkyl halides is 3. The highest BCUT2D eigenvalue weighted by Gasteiger charge is 2.39. The Morgan fingerprint density at radius 1 is 1.30 bits per heavy atom. The van der Waals surface area contributed by atoms with Gasteiger partial charge in [0.2, 0.25) is 0 Å². The summed E-state index contributed by atoms with van der Waals surface area (Å²) in [5.74, 6) is -1.16. The number of carbonyl (C=O) groups is 1. The number of ketones is 1. The predicted molar refractivity (Wildman–Crippen MR) is 79.7 cm³/mol. The number of halogens is 3. The average molecular weight is 317 g/mol. The highest BCUT2D eigenvalue weighted by atomic mass is 19.4. The second-order valence-electron chi connectivity index (χ2n) is 5.01. The zero-order chi connectivity index (χ0) is 16.6. The Morgan fingerprint density at radius 3 is 2.70 bits per heavy atom. The Morgan fingerprint density at radius 2 is 2.09 bits per heavy atom. The third-order valence-electron chi connectivity index (χ3n) is 3.51. The summed E-state index contributed by atoms with van der Waals surface area (Å²) in [5, 5.41) is 0. The van der Waals surface area contributed by atoms with E-state index in [1.165, 1.54) is 18.2 Å². The second-order valence-corrected chi connectivity index (χ2v) is 5.01. The molecule has 117 valence electrons. The van der Waals surface area contributed by atoms with Gasteiger partial charge in [-0.3, -0.25) is 9.36 Å². The molecule has 0 fully saturated rings. The lowest BCUT2D eigenvalue weighted by Crippen LogP contribution is -2.22. The molecular formula is C17H12F3N2O. The SMILES string of the molecule is CCc1nc2cc(C(=O)C(F)(F)F)ccc2n1-c1c[c]ccc1. The van der Waals surface area contributed by atoms with Gasteiger partial charge >= 0.3 is 6.18 Å². The summed E-state index contributed by atoms with van der Waals surface area (Å²) < 4.78 is 39.6. The van der Waals surface area contributed by atoms with Gasteiger partial charge < -0.3 is 0 Å². The molecule has 0 aliphatic heterocycles. The molecule has 0 unspecified atom stereocenters. The first-order chi connectivity index (χ1) is 10.9. The maximum atomic E-state index is 12.6. The smallest absolute Gasteiger partial charge is 0.296 e. The number of Topliss-reactive ketones (excluding diaryl/α,β-unsaturated/α-hetero) is 1. The van der Waals surface area contributed by atoms with Crippen LogP contribution in [0.5, 0.6) is 0 Å². The molecule has 0 aliphatic carbocycles. The van der Waals surface area contributed by atoms with Crippen LogP contribution >= 0.6 is 0 Å². The number of imidazole rings is 1. The second kappa shape index (κ2) is 5.53. The fraction of sp³-hybridized carbons (Fsp3) is 0.176. The molecule has 23 heavy (non-hydrogen) atoms. The molecule has 1 aromatic heterocycles. The largest absolute Gasteiger partial charge is 0.454 e. The number of hydrogen-bond acceptors (Lipinski definition) is 2. The van der Waals surface area contributed by atoms with Crippen molar-refractivity contribution in [3.63, 3.8) is 0 Å². The predicted octanol–water partition coefficient (Wildman–Crippen LogP) is 4.13. The molecule has 2 aromatic carbocycles. The fourth-order valence-corrected chi connectivity index (χ4v) is 2.48. The monoisotopic (exact) mass is 317 g/mol. The zero-order valence-corrected chi connectivity index (χ0v) is 12.2. The van der Waals surface area contributed by atoms with Crippen LogP contribution in [0.3, 0.4) is 0 Å². The van der Waals surface area contributed by atoms with Crippen molar-refractivity contribution in [2.24, 2.45) is 0 Å². The normalized spacial score (nSPS) is 11.8. The van der Waals surface area contributed by atoms with E-state index in [2.05, 4.69) is 11.1 Å². The van der Waals surface area contributed by atoms with Crippen LogP contribution in [0, 0.1) is 6.07 Å².